The van der Waals surface area contributed by atoms with E-state index in [2.05, 4.69) is 15.2 Å². The zero-order chi connectivity index (χ0) is 15.5. The number of aromatic amines is 1. The first-order valence-electron chi connectivity index (χ1n) is 7.22. The van der Waals surface area contributed by atoms with Gasteiger partial charge in [-0.25, -0.2) is 13.8 Å². The molecule has 0 atom stereocenters. The Kier molecular flexibility index (Phi) is 4.17. The number of aromatic nitrogens is 4. The van der Waals surface area contributed by atoms with Crippen LogP contribution >= 0.6 is 0 Å². The topological polar surface area (TPSA) is 66.8 Å². The van der Waals surface area contributed by atoms with Crippen LogP contribution in [0.3, 0.4) is 0 Å². The highest BCUT2D eigenvalue weighted by Crippen LogP contribution is 2.22. The number of imidazole rings is 1. The lowest BCUT2D eigenvalue weighted by Gasteiger charge is -2.31. The molecule has 3 heterocycles. The largest absolute Gasteiger partial charge is 0.337 e. The molecule has 1 N–H and O–H groups in total. The van der Waals surface area contributed by atoms with Crippen LogP contribution < -0.4 is 0 Å². The van der Waals surface area contributed by atoms with E-state index < -0.39 is 6.43 Å². The molecule has 0 unspecified atom stereocenters. The summed E-state index contributed by atoms with van der Waals surface area (Å²) in [4.78, 5) is 17.9. The summed E-state index contributed by atoms with van der Waals surface area (Å²) in [5.41, 5.74) is -0.262. The molecule has 0 aromatic carbocycles. The second-order valence-electron chi connectivity index (χ2n) is 5.50. The summed E-state index contributed by atoms with van der Waals surface area (Å²) < 4.78 is 27.1. The highest BCUT2D eigenvalue weighted by molar-refractivity contribution is 5.92. The van der Waals surface area contributed by atoms with Gasteiger partial charge < -0.3 is 9.47 Å². The number of nitrogens with zero attached hydrogens (tertiary/aromatic N) is 4. The minimum absolute atomic E-state index is 0.0587. The second-order valence-corrected chi connectivity index (χ2v) is 5.50. The van der Waals surface area contributed by atoms with Crippen LogP contribution in [0.5, 0.6) is 0 Å². The third kappa shape index (κ3) is 3.15. The van der Waals surface area contributed by atoms with Gasteiger partial charge in [0.05, 0.1) is 6.33 Å². The summed E-state index contributed by atoms with van der Waals surface area (Å²) in [5.74, 6) is 0.207. The van der Waals surface area contributed by atoms with Gasteiger partial charge in [-0.3, -0.25) is 9.89 Å². The molecule has 1 aliphatic heterocycles. The van der Waals surface area contributed by atoms with Gasteiger partial charge in [0.1, 0.15) is 5.69 Å². The van der Waals surface area contributed by atoms with Gasteiger partial charge in [0.25, 0.3) is 12.3 Å². The minimum atomic E-state index is -2.64. The fraction of sp³-hybridized carbons (Fsp3) is 0.500. The third-order valence-electron chi connectivity index (χ3n) is 3.98. The Bertz CT molecular complexity index is 617. The molecule has 2 aromatic heterocycles. The van der Waals surface area contributed by atoms with E-state index in [1.165, 1.54) is 0 Å². The summed E-state index contributed by atoms with van der Waals surface area (Å²) in [7, 11) is 0. The van der Waals surface area contributed by atoms with Crippen molar-refractivity contribution in [3.8, 4) is 0 Å². The standard InChI is InChI=1S/C14H17F2N5O/c15-13(16)11-7-12(19-18-11)14(22)21-4-1-10(2-5-21)8-20-6-3-17-9-20/h3,6-7,9-10,13H,1-2,4-5,8H2,(H,18,19). The maximum absolute atomic E-state index is 12.5. The Morgan fingerprint density at radius 2 is 2.18 bits per heavy atom. The third-order valence-corrected chi connectivity index (χ3v) is 3.98. The maximum atomic E-state index is 12.5. The van der Waals surface area contributed by atoms with E-state index >= 15 is 0 Å². The summed E-state index contributed by atoms with van der Waals surface area (Å²) in [6.07, 6.45) is 4.58. The number of carbonyl (C=O) groups is 1. The molecule has 3 rings (SSSR count). The van der Waals surface area contributed by atoms with E-state index in [0.717, 1.165) is 25.5 Å². The molecule has 0 saturated carbocycles. The van der Waals surface area contributed by atoms with Crippen LogP contribution in [0, 0.1) is 5.92 Å². The number of hydrogen-bond acceptors (Lipinski definition) is 3. The van der Waals surface area contributed by atoms with Crippen molar-refractivity contribution >= 4 is 5.91 Å². The van der Waals surface area contributed by atoms with Crippen molar-refractivity contribution in [1.29, 1.82) is 0 Å². The lowest BCUT2D eigenvalue weighted by Crippen LogP contribution is -2.39. The van der Waals surface area contributed by atoms with Crippen molar-refractivity contribution < 1.29 is 13.6 Å². The van der Waals surface area contributed by atoms with Crippen LogP contribution in [-0.2, 0) is 6.54 Å². The molecule has 0 spiro atoms. The number of H-pyrrole nitrogens is 1. The predicted octanol–water partition coefficient (Wildman–Crippen LogP) is 2.10. The van der Waals surface area contributed by atoms with Gasteiger partial charge in [0.15, 0.2) is 5.69 Å². The normalized spacial score (nSPS) is 16.4. The first kappa shape index (κ1) is 14.7. The summed E-state index contributed by atoms with van der Waals surface area (Å²) in [5, 5.41) is 5.89. The molecule has 1 fully saturated rings. The molecular weight excluding hydrogens is 292 g/mol. The molecule has 0 radical (unpaired) electrons. The molecule has 6 nitrogen and oxygen atoms in total. The Labute approximate surface area is 126 Å². The van der Waals surface area contributed by atoms with Crippen LogP contribution in [-0.4, -0.2) is 43.6 Å². The van der Waals surface area contributed by atoms with Crippen LogP contribution in [0.25, 0.3) is 0 Å². The lowest BCUT2D eigenvalue weighted by atomic mass is 9.96. The summed E-state index contributed by atoms with van der Waals surface area (Å²) >= 11 is 0. The maximum Gasteiger partial charge on any atom is 0.279 e. The number of halogens is 2. The SMILES string of the molecule is O=C(c1cc(C(F)F)[nH]n1)N1CCC(Cn2ccnc2)CC1. The van der Waals surface area contributed by atoms with Crippen LogP contribution in [0.15, 0.2) is 24.8 Å². The Hall–Kier alpha value is -2.25. The van der Waals surface area contributed by atoms with E-state index in [1.807, 2.05) is 10.8 Å². The van der Waals surface area contributed by atoms with E-state index in [4.69, 9.17) is 0 Å². The van der Waals surface area contributed by atoms with Gasteiger partial charge in [0, 0.05) is 32.0 Å². The van der Waals surface area contributed by atoms with Gasteiger partial charge in [-0.15, -0.1) is 0 Å². The van der Waals surface area contributed by atoms with Crippen molar-refractivity contribution in [3.63, 3.8) is 0 Å². The molecule has 1 saturated heterocycles. The van der Waals surface area contributed by atoms with Crippen LogP contribution in [0.1, 0.15) is 35.4 Å². The number of amides is 1. The smallest absolute Gasteiger partial charge is 0.279 e. The summed E-state index contributed by atoms with van der Waals surface area (Å²) in [6.45, 7) is 2.13. The number of nitrogens with one attached hydrogen (secondary N) is 1. The fourth-order valence-electron chi connectivity index (χ4n) is 2.73. The molecule has 22 heavy (non-hydrogen) atoms. The molecule has 0 aliphatic carbocycles. The molecule has 1 amide bonds. The summed E-state index contributed by atoms with van der Waals surface area (Å²) in [6, 6.07) is 1.13. The lowest BCUT2D eigenvalue weighted by molar-refractivity contribution is 0.0677. The van der Waals surface area contributed by atoms with E-state index in [-0.39, 0.29) is 17.3 Å². The van der Waals surface area contributed by atoms with Gasteiger partial charge in [-0.2, -0.15) is 5.10 Å². The monoisotopic (exact) mass is 309 g/mol. The highest BCUT2D eigenvalue weighted by atomic mass is 19.3. The zero-order valence-electron chi connectivity index (χ0n) is 12.0. The van der Waals surface area contributed by atoms with Gasteiger partial charge in [-0.1, -0.05) is 0 Å². The number of hydrogen-bond donors (Lipinski definition) is 1. The average Bonchev–Trinajstić information content (AvgIpc) is 3.18. The zero-order valence-corrected chi connectivity index (χ0v) is 12.0. The Morgan fingerprint density at radius 1 is 1.41 bits per heavy atom. The number of rotatable bonds is 4. The number of alkyl halides is 2. The molecule has 1 aliphatic rings. The van der Waals surface area contributed by atoms with E-state index in [9.17, 15) is 13.6 Å². The van der Waals surface area contributed by atoms with Crippen molar-refractivity contribution in [1.82, 2.24) is 24.6 Å². The molecule has 8 heteroatoms. The van der Waals surface area contributed by atoms with Gasteiger partial charge in [0.2, 0.25) is 0 Å². The Morgan fingerprint density at radius 3 is 2.77 bits per heavy atom. The van der Waals surface area contributed by atoms with Gasteiger partial charge in [-0.05, 0) is 24.8 Å². The molecule has 118 valence electrons. The average molecular weight is 309 g/mol. The highest BCUT2D eigenvalue weighted by Gasteiger charge is 2.26. The first-order valence-corrected chi connectivity index (χ1v) is 7.22. The molecule has 2 aromatic rings. The predicted molar refractivity (Wildman–Crippen MR) is 74.4 cm³/mol. The quantitative estimate of drug-likeness (QED) is 0.940. The number of likely N-dealkylation sites (tertiary alicyclic amines) is 1. The first-order chi connectivity index (χ1) is 10.6. The molecule has 0 bridgehead atoms. The van der Waals surface area contributed by atoms with Crippen molar-refractivity contribution in [2.75, 3.05) is 13.1 Å². The molecular formula is C14H17F2N5O. The van der Waals surface area contributed by atoms with E-state index in [0.29, 0.717) is 19.0 Å². The van der Waals surface area contributed by atoms with E-state index in [1.54, 1.807) is 17.4 Å². The fourth-order valence-corrected chi connectivity index (χ4v) is 2.73. The Balaban J connectivity index is 1.55. The van der Waals surface area contributed by atoms with Crippen molar-refractivity contribution in [3.05, 3.63) is 36.2 Å². The second kappa shape index (κ2) is 6.25. The number of piperidine rings is 1. The van der Waals surface area contributed by atoms with Crippen molar-refractivity contribution in [2.24, 2.45) is 5.92 Å². The minimum Gasteiger partial charge on any atom is -0.337 e. The van der Waals surface area contributed by atoms with Crippen molar-refractivity contribution in [2.45, 2.75) is 25.8 Å². The van der Waals surface area contributed by atoms with Gasteiger partial charge >= 0.3 is 0 Å². The van der Waals surface area contributed by atoms with Crippen LogP contribution in [0.4, 0.5) is 8.78 Å². The van der Waals surface area contributed by atoms with Crippen LogP contribution in [0.2, 0.25) is 0 Å². The number of carbonyl (C=O) groups excluding carboxylic acids is 1.